The van der Waals surface area contributed by atoms with Crippen LogP contribution in [0.2, 0.25) is 0 Å². The van der Waals surface area contributed by atoms with E-state index < -0.39 is 10.0 Å². The average Bonchev–Trinajstić information content (AvgIpc) is 2.54. The molecule has 7 nitrogen and oxygen atoms in total. The number of hydrogen-bond acceptors (Lipinski definition) is 5. The normalized spacial score (nSPS) is 16.0. The van der Waals surface area contributed by atoms with Crippen molar-refractivity contribution in [2.24, 2.45) is 0 Å². The molecule has 0 spiro atoms. The summed E-state index contributed by atoms with van der Waals surface area (Å²) in [7, 11) is -3.32. The maximum Gasteiger partial charge on any atom is 0.237 e. The number of aromatic nitrogens is 1. The zero-order valence-corrected chi connectivity index (χ0v) is 12.8. The number of nitrogens with zero attached hydrogens (tertiary/aromatic N) is 3. The molecule has 1 aromatic heterocycles. The molecule has 1 aliphatic heterocycles. The Kier molecular flexibility index (Phi) is 5.13. The molecule has 0 aromatic carbocycles. The Bertz CT molecular complexity index is 568. The Morgan fingerprint density at radius 3 is 2.57 bits per heavy atom. The highest BCUT2D eigenvalue weighted by Gasteiger charge is 2.22. The summed E-state index contributed by atoms with van der Waals surface area (Å²) in [5.41, 5.74) is 0. The minimum atomic E-state index is -3.32. The summed E-state index contributed by atoms with van der Waals surface area (Å²) >= 11 is 0. The summed E-state index contributed by atoms with van der Waals surface area (Å²) in [5, 5.41) is 0. The van der Waals surface area contributed by atoms with Gasteiger partial charge in [-0.3, -0.25) is 4.79 Å². The second-order valence-corrected chi connectivity index (χ2v) is 6.88. The van der Waals surface area contributed by atoms with Crippen LogP contribution in [0.4, 0.5) is 5.82 Å². The van der Waals surface area contributed by atoms with Gasteiger partial charge < -0.3 is 9.80 Å². The summed E-state index contributed by atoms with van der Waals surface area (Å²) in [5.74, 6) is 0.692. The number of sulfonamides is 1. The zero-order valence-electron chi connectivity index (χ0n) is 12.0. The van der Waals surface area contributed by atoms with Gasteiger partial charge in [0.15, 0.2) is 0 Å². The Hall–Kier alpha value is -1.67. The number of carbonyl (C=O) groups excluding carboxylic acids is 1. The van der Waals surface area contributed by atoms with E-state index in [0.29, 0.717) is 26.2 Å². The molecule has 1 aromatic rings. The van der Waals surface area contributed by atoms with Crippen LogP contribution in [0.1, 0.15) is 6.92 Å². The molecule has 0 radical (unpaired) electrons. The quantitative estimate of drug-likeness (QED) is 0.805. The van der Waals surface area contributed by atoms with Crippen molar-refractivity contribution in [2.45, 2.75) is 6.92 Å². The number of anilines is 1. The van der Waals surface area contributed by atoms with Crippen LogP contribution in [-0.2, 0) is 14.8 Å². The van der Waals surface area contributed by atoms with Gasteiger partial charge in [-0.05, 0) is 19.1 Å². The fraction of sp³-hybridized carbons (Fsp3) is 0.538. The lowest BCUT2D eigenvalue weighted by Crippen LogP contribution is -2.51. The number of carbonyl (C=O) groups is 1. The predicted molar refractivity (Wildman–Crippen MR) is 80.5 cm³/mol. The number of piperazine rings is 1. The van der Waals surface area contributed by atoms with Crippen molar-refractivity contribution in [3.8, 4) is 0 Å². The third-order valence-electron chi connectivity index (χ3n) is 3.43. The highest BCUT2D eigenvalue weighted by Crippen LogP contribution is 2.12. The van der Waals surface area contributed by atoms with Crippen molar-refractivity contribution in [1.29, 1.82) is 0 Å². The van der Waals surface area contributed by atoms with E-state index in [-0.39, 0.29) is 18.2 Å². The third kappa shape index (κ3) is 4.40. The molecular formula is C13H20N4O3S. The molecule has 1 amide bonds. The smallest absolute Gasteiger partial charge is 0.237 e. The van der Waals surface area contributed by atoms with Gasteiger partial charge in [0.05, 0.1) is 12.3 Å². The Balaban J connectivity index is 1.82. The van der Waals surface area contributed by atoms with Gasteiger partial charge in [-0.25, -0.2) is 18.1 Å². The van der Waals surface area contributed by atoms with E-state index in [1.807, 2.05) is 18.2 Å². The SMILES string of the molecule is CCS(=O)(=O)NCC(=O)N1CCN(c2ccccn2)CC1. The molecule has 1 fully saturated rings. The van der Waals surface area contributed by atoms with Crippen LogP contribution in [-0.4, -0.2) is 62.7 Å². The van der Waals surface area contributed by atoms with Crippen LogP contribution >= 0.6 is 0 Å². The zero-order chi connectivity index (χ0) is 15.3. The molecule has 8 heteroatoms. The maximum absolute atomic E-state index is 12.0. The number of hydrogen-bond donors (Lipinski definition) is 1. The molecule has 0 unspecified atom stereocenters. The highest BCUT2D eigenvalue weighted by molar-refractivity contribution is 7.89. The average molecular weight is 312 g/mol. The topological polar surface area (TPSA) is 82.6 Å². The van der Waals surface area contributed by atoms with Crippen molar-refractivity contribution < 1.29 is 13.2 Å². The Morgan fingerprint density at radius 2 is 2.00 bits per heavy atom. The van der Waals surface area contributed by atoms with E-state index in [1.165, 1.54) is 0 Å². The number of pyridine rings is 1. The second kappa shape index (κ2) is 6.86. The van der Waals surface area contributed by atoms with Gasteiger partial charge in [0.25, 0.3) is 0 Å². The van der Waals surface area contributed by atoms with Gasteiger partial charge in [0.1, 0.15) is 5.82 Å². The van der Waals surface area contributed by atoms with E-state index in [4.69, 9.17) is 0 Å². The predicted octanol–water partition coefficient (Wildman–Crippen LogP) is -0.330. The standard InChI is InChI=1S/C13H20N4O3S/c1-2-21(19,20)15-11-13(18)17-9-7-16(8-10-17)12-5-3-4-6-14-12/h3-6,15H,2,7-11H2,1H3. The van der Waals surface area contributed by atoms with Crippen molar-refractivity contribution in [3.63, 3.8) is 0 Å². The van der Waals surface area contributed by atoms with E-state index >= 15 is 0 Å². The van der Waals surface area contributed by atoms with Crippen molar-refractivity contribution in [2.75, 3.05) is 43.4 Å². The van der Waals surface area contributed by atoms with Gasteiger partial charge in [-0.1, -0.05) is 6.07 Å². The van der Waals surface area contributed by atoms with Gasteiger partial charge >= 0.3 is 0 Å². The van der Waals surface area contributed by atoms with Gasteiger partial charge in [-0.2, -0.15) is 0 Å². The largest absolute Gasteiger partial charge is 0.353 e. The molecule has 1 saturated heterocycles. The molecular weight excluding hydrogens is 292 g/mol. The molecule has 0 bridgehead atoms. The third-order valence-corrected chi connectivity index (χ3v) is 4.77. The van der Waals surface area contributed by atoms with Crippen LogP contribution < -0.4 is 9.62 Å². The maximum atomic E-state index is 12.0. The first-order valence-corrected chi connectivity index (χ1v) is 8.58. The van der Waals surface area contributed by atoms with Gasteiger partial charge in [0.2, 0.25) is 15.9 Å². The first kappa shape index (κ1) is 15.7. The summed E-state index contributed by atoms with van der Waals surface area (Å²) in [4.78, 5) is 20.0. The van der Waals surface area contributed by atoms with Crippen LogP contribution in [0.3, 0.4) is 0 Å². The number of rotatable bonds is 5. The van der Waals surface area contributed by atoms with Gasteiger partial charge in [0, 0.05) is 32.4 Å². The molecule has 21 heavy (non-hydrogen) atoms. The summed E-state index contributed by atoms with van der Waals surface area (Å²) < 4.78 is 25.0. The lowest BCUT2D eigenvalue weighted by atomic mass is 10.3. The van der Waals surface area contributed by atoms with Crippen LogP contribution in [0.25, 0.3) is 0 Å². The summed E-state index contributed by atoms with van der Waals surface area (Å²) in [6, 6.07) is 5.73. The Labute approximate surface area is 125 Å². The minimum Gasteiger partial charge on any atom is -0.353 e. The lowest BCUT2D eigenvalue weighted by Gasteiger charge is -2.35. The fourth-order valence-corrected chi connectivity index (χ4v) is 2.66. The van der Waals surface area contributed by atoms with E-state index in [0.717, 1.165) is 5.82 Å². The van der Waals surface area contributed by atoms with E-state index in [9.17, 15) is 13.2 Å². The molecule has 0 atom stereocenters. The minimum absolute atomic E-state index is 0.0201. The van der Waals surface area contributed by atoms with E-state index in [2.05, 4.69) is 14.6 Å². The molecule has 0 saturated carbocycles. The van der Waals surface area contributed by atoms with Crippen molar-refractivity contribution in [3.05, 3.63) is 24.4 Å². The first-order valence-electron chi connectivity index (χ1n) is 6.93. The first-order chi connectivity index (χ1) is 10.0. The second-order valence-electron chi connectivity index (χ2n) is 4.78. The lowest BCUT2D eigenvalue weighted by molar-refractivity contribution is -0.130. The molecule has 116 valence electrons. The summed E-state index contributed by atoms with van der Waals surface area (Å²) in [6.45, 7) is 3.91. The van der Waals surface area contributed by atoms with Crippen molar-refractivity contribution >= 4 is 21.7 Å². The van der Waals surface area contributed by atoms with Crippen LogP contribution in [0, 0.1) is 0 Å². The van der Waals surface area contributed by atoms with Crippen LogP contribution in [0.5, 0.6) is 0 Å². The fourth-order valence-electron chi connectivity index (χ4n) is 2.11. The van der Waals surface area contributed by atoms with Crippen molar-refractivity contribution in [1.82, 2.24) is 14.6 Å². The monoisotopic (exact) mass is 312 g/mol. The molecule has 0 aliphatic carbocycles. The summed E-state index contributed by atoms with van der Waals surface area (Å²) in [6.07, 6.45) is 1.74. The van der Waals surface area contributed by atoms with Crippen LogP contribution in [0.15, 0.2) is 24.4 Å². The number of amides is 1. The molecule has 2 heterocycles. The van der Waals surface area contributed by atoms with E-state index in [1.54, 1.807) is 18.0 Å². The Morgan fingerprint density at radius 1 is 1.29 bits per heavy atom. The molecule has 2 rings (SSSR count). The molecule has 1 N–H and O–H groups in total. The molecule has 1 aliphatic rings. The highest BCUT2D eigenvalue weighted by atomic mass is 32.2. The van der Waals surface area contributed by atoms with Gasteiger partial charge in [-0.15, -0.1) is 0 Å². The number of nitrogens with one attached hydrogen (secondary N) is 1.